The Hall–Kier alpha value is -4.74. The summed E-state index contributed by atoms with van der Waals surface area (Å²) in [6.07, 6.45) is 2.05. The van der Waals surface area contributed by atoms with Crippen LogP contribution < -0.4 is 5.32 Å². The minimum atomic E-state index is -0.662. The number of nitrogens with one attached hydrogen (secondary N) is 2. The molecule has 2 N–H and O–H groups in total. The average molecular weight is 674 g/mol. The molecule has 2 atom stereocenters. The van der Waals surface area contributed by atoms with Crippen LogP contribution in [0.4, 0.5) is 9.59 Å². The van der Waals surface area contributed by atoms with Crippen molar-refractivity contribution in [3.05, 3.63) is 64.5 Å². The normalized spacial score (nSPS) is 18.1. The fourth-order valence-corrected chi connectivity index (χ4v) is 6.26. The zero-order valence-electron chi connectivity index (χ0n) is 29.5. The monoisotopic (exact) mass is 673 g/mol. The van der Waals surface area contributed by atoms with E-state index in [1.54, 1.807) is 62.1 Å². The van der Waals surface area contributed by atoms with Crippen molar-refractivity contribution in [1.82, 2.24) is 25.1 Å². The third-order valence-electron chi connectivity index (χ3n) is 8.66. The van der Waals surface area contributed by atoms with E-state index in [0.717, 1.165) is 18.4 Å². The number of aromatic amines is 1. The van der Waals surface area contributed by atoms with Crippen LogP contribution in [-0.4, -0.2) is 86.3 Å². The highest BCUT2D eigenvalue weighted by Crippen LogP contribution is 2.33. The smallest absolute Gasteiger partial charge is 0.410 e. The molecular formula is C37H47N5O7. The molecule has 262 valence electrons. The molecule has 2 fully saturated rings. The van der Waals surface area contributed by atoms with Crippen LogP contribution in [0.25, 0.3) is 11.0 Å². The lowest BCUT2D eigenvalue weighted by atomic mass is 9.96. The van der Waals surface area contributed by atoms with Gasteiger partial charge in [-0.25, -0.2) is 14.6 Å². The van der Waals surface area contributed by atoms with Crippen LogP contribution in [0.5, 0.6) is 0 Å². The van der Waals surface area contributed by atoms with Crippen LogP contribution in [0.15, 0.2) is 36.4 Å². The SMILES string of the molecule is Cc1ccc(C(=O)NCC(=O)c2ccc3nc([C@@H]4CCCN4C(=O)OC(C)(C)C)[nH]c3c2)cc1CC(=O)[C@@H]1CCCN1C(=O)OC(C)(C)C. The van der Waals surface area contributed by atoms with Gasteiger partial charge in [0.25, 0.3) is 5.91 Å². The van der Waals surface area contributed by atoms with Crippen molar-refractivity contribution in [2.45, 2.75) is 104 Å². The second-order valence-corrected chi connectivity index (χ2v) is 14.9. The number of imidazole rings is 1. The number of hydrogen-bond acceptors (Lipinski definition) is 8. The lowest BCUT2D eigenvalue weighted by Crippen LogP contribution is -2.43. The first kappa shape index (κ1) is 35.6. The zero-order valence-corrected chi connectivity index (χ0v) is 29.5. The molecule has 0 bridgehead atoms. The molecule has 3 amide bonds. The molecule has 2 saturated heterocycles. The lowest BCUT2D eigenvalue weighted by Gasteiger charge is -2.28. The summed E-state index contributed by atoms with van der Waals surface area (Å²) in [6.45, 7) is 13.5. The maximum Gasteiger partial charge on any atom is 0.410 e. The van der Waals surface area contributed by atoms with Gasteiger partial charge in [-0.2, -0.15) is 0 Å². The highest BCUT2D eigenvalue weighted by molar-refractivity contribution is 6.03. The number of benzene rings is 2. The predicted octanol–water partition coefficient (Wildman–Crippen LogP) is 6.07. The van der Waals surface area contributed by atoms with E-state index in [1.165, 1.54) is 4.90 Å². The molecule has 12 nitrogen and oxygen atoms in total. The van der Waals surface area contributed by atoms with E-state index in [-0.39, 0.29) is 36.7 Å². The van der Waals surface area contributed by atoms with Gasteiger partial charge in [0.1, 0.15) is 17.0 Å². The molecule has 2 aromatic carbocycles. The number of ketones is 2. The van der Waals surface area contributed by atoms with Crippen molar-refractivity contribution >= 4 is 40.7 Å². The fourth-order valence-electron chi connectivity index (χ4n) is 6.26. The molecule has 12 heteroatoms. The minimum Gasteiger partial charge on any atom is -0.444 e. The molecule has 3 aromatic rings. The van der Waals surface area contributed by atoms with Crippen LogP contribution in [0, 0.1) is 6.92 Å². The number of aryl methyl sites for hydroxylation is 1. The number of H-pyrrole nitrogens is 1. The highest BCUT2D eigenvalue weighted by atomic mass is 16.6. The number of carbonyl (C=O) groups excluding carboxylic acids is 5. The number of ether oxygens (including phenoxy) is 2. The second kappa shape index (κ2) is 14.0. The lowest BCUT2D eigenvalue weighted by molar-refractivity contribution is -0.122. The van der Waals surface area contributed by atoms with Gasteiger partial charge in [0.15, 0.2) is 11.6 Å². The highest BCUT2D eigenvalue weighted by Gasteiger charge is 2.37. The van der Waals surface area contributed by atoms with Crippen molar-refractivity contribution in [2.24, 2.45) is 0 Å². The molecule has 5 rings (SSSR count). The fraction of sp³-hybridized carbons (Fsp3) is 0.514. The standard InChI is InChI=1S/C37H47N5O7/c1-22-12-13-24(18-25(22)20-30(43)28-10-8-16-41(28)34(46)48-36(2,3)4)33(45)38-21-31(44)23-14-15-26-27(19-23)40-32(39-26)29-11-9-17-42(29)35(47)49-37(5,6)7/h12-15,18-19,28-29H,8-11,16-17,20-21H2,1-7H3,(H,38,45)(H,39,40)/t28-,29-/m0/s1. The first-order valence-corrected chi connectivity index (χ1v) is 16.9. The van der Waals surface area contributed by atoms with Gasteiger partial charge < -0.3 is 19.8 Å². The summed E-state index contributed by atoms with van der Waals surface area (Å²) in [6, 6.07) is 9.39. The van der Waals surface area contributed by atoms with E-state index >= 15 is 0 Å². The van der Waals surface area contributed by atoms with Gasteiger partial charge in [0.05, 0.1) is 29.7 Å². The van der Waals surface area contributed by atoms with E-state index in [2.05, 4.69) is 10.3 Å². The van der Waals surface area contributed by atoms with E-state index in [4.69, 9.17) is 14.5 Å². The number of hydrogen-bond donors (Lipinski definition) is 2. The number of rotatable bonds is 8. The van der Waals surface area contributed by atoms with E-state index in [0.29, 0.717) is 59.5 Å². The molecule has 0 radical (unpaired) electrons. The molecule has 49 heavy (non-hydrogen) atoms. The molecule has 0 saturated carbocycles. The van der Waals surface area contributed by atoms with Crippen molar-refractivity contribution in [3.63, 3.8) is 0 Å². The quantitative estimate of drug-likeness (QED) is 0.274. The Morgan fingerprint density at radius 3 is 2.18 bits per heavy atom. The van der Waals surface area contributed by atoms with Crippen LogP contribution in [0.2, 0.25) is 0 Å². The number of amides is 3. The van der Waals surface area contributed by atoms with Crippen molar-refractivity contribution in [2.75, 3.05) is 19.6 Å². The molecule has 2 aliphatic rings. The van der Waals surface area contributed by atoms with Gasteiger partial charge >= 0.3 is 12.2 Å². The summed E-state index contributed by atoms with van der Waals surface area (Å²) in [4.78, 5) is 76.3. The summed E-state index contributed by atoms with van der Waals surface area (Å²) in [5.41, 5.74) is 2.32. The van der Waals surface area contributed by atoms with E-state index in [1.807, 2.05) is 27.7 Å². The maximum absolute atomic E-state index is 13.3. The summed E-state index contributed by atoms with van der Waals surface area (Å²) in [5.74, 6) is -0.197. The van der Waals surface area contributed by atoms with Gasteiger partial charge in [-0.3, -0.25) is 24.2 Å². The number of Topliss-reactive ketones (excluding diaryl/α,β-unsaturated/α-hetero) is 2. The van der Waals surface area contributed by atoms with Crippen LogP contribution >= 0.6 is 0 Å². The summed E-state index contributed by atoms with van der Waals surface area (Å²) >= 11 is 0. The predicted molar refractivity (Wildman–Crippen MR) is 184 cm³/mol. The van der Waals surface area contributed by atoms with Gasteiger partial charge in [-0.05, 0) is 116 Å². The molecular weight excluding hydrogens is 626 g/mol. The van der Waals surface area contributed by atoms with Gasteiger partial charge in [0, 0.05) is 30.6 Å². The number of nitrogens with zero attached hydrogens (tertiary/aromatic N) is 3. The maximum atomic E-state index is 13.3. The second-order valence-electron chi connectivity index (χ2n) is 14.9. The molecule has 3 heterocycles. The molecule has 0 aliphatic carbocycles. The Labute approximate surface area is 286 Å². The molecule has 1 aromatic heterocycles. The van der Waals surface area contributed by atoms with E-state index < -0.39 is 29.2 Å². The third-order valence-corrected chi connectivity index (χ3v) is 8.66. The Morgan fingerprint density at radius 1 is 0.857 bits per heavy atom. The van der Waals surface area contributed by atoms with Crippen LogP contribution in [0.3, 0.4) is 0 Å². The third kappa shape index (κ3) is 8.65. The van der Waals surface area contributed by atoms with Gasteiger partial charge in [-0.1, -0.05) is 6.07 Å². The molecule has 0 unspecified atom stereocenters. The Kier molecular flexibility index (Phi) is 10.2. The first-order chi connectivity index (χ1) is 23.0. The number of carbonyl (C=O) groups is 5. The zero-order chi connectivity index (χ0) is 35.7. The Balaban J connectivity index is 1.20. The van der Waals surface area contributed by atoms with Crippen LogP contribution in [-0.2, 0) is 20.7 Å². The minimum absolute atomic E-state index is 0.0679. The Morgan fingerprint density at radius 2 is 1.49 bits per heavy atom. The topological polar surface area (TPSA) is 151 Å². The largest absolute Gasteiger partial charge is 0.444 e. The van der Waals surface area contributed by atoms with Crippen molar-refractivity contribution < 1.29 is 33.4 Å². The van der Waals surface area contributed by atoms with Crippen molar-refractivity contribution in [1.29, 1.82) is 0 Å². The van der Waals surface area contributed by atoms with Gasteiger partial charge in [-0.15, -0.1) is 0 Å². The average Bonchev–Trinajstić information content (AvgIpc) is 3.78. The Bertz CT molecular complexity index is 1770. The first-order valence-electron chi connectivity index (χ1n) is 16.9. The molecule has 2 aliphatic heterocycles. The summed E-state index contributed by atoms with van der Waals surface area (Å²) in [7, 11) is 0. The van der Waals surface area contributed by atoms with Crippen LogP contribution in [0.1, 0.15) is 111 Å². The summed E-state index contributed by atoms with van der Waals surface area (Å²) < 4.78 is 11.1. The van der Waals surface area contributed by atoms with E-state index in [9.17, 15) is 24.0 Å². The number of aromatic nitrogens is 2. The summed E-state index contributed by atoms with van der Waals surface area (Å²) in [5, 5.41) is 2.70. The number of fused-ring (bicyclic) bond motifs is 1. The van der Waals surface area contributed by atoms with Crippen molar-refractivity contribution in [3.8, 4) is 0 Å². The molecule has 0 spiro atoms. The van der Waals surface area contributed by atoms with Gasteiger partial charge in [0.2, 0.25) is 0 Å². The number of likely N-dealkylation sites (tertiary alicyclic amines) is 2.